The number of aromatic nitrogens is 2. The first-order valence-electron chi connectivity index (χ1n) is 14.5. The van der Waals surface area contributed by atoms with Gasteiger partial charge in [0, 0.05) is 29.5 Å². The van der Waals surface area contributed by atoms with Crippen molar-refractivity contribution in [2.75, 3.05) is 11.4 Å². The summed E-state index contributed by atoms with van der Waals surface area (Å²) in [5.41, 5.74) is -1.69. The van der Waals surface area contributed by atoms with E-state index in [1.165, 1.54) is 6.07 Å². The highest BCUT2D eigenvalue weighted by Gasteiger charge is 2.73. The van der Waals surface area contributed by atoms with Crippen molar-refractivity contribution in [3.63, 3.8) is 0 Å². The quantitative estimate of drug-likeness (QED) is 0.338. The number of alkyl halides is 1. The number of nitrogens with zero attached hydrogens (tertiary/aromatic N) is 3. The van der Waals surface area contributed by atoms with Gasteiger partial charge in [0.15, 0.2) is 11.6 Å². The van der Waals surface area contributed by atoms with E-state index < -0.39 is 16.9 Å². The molecule has 1 heterocycles. The molecule has 6 nitrogen and oxygen atoms in total. The van der Waals surface area contributed by atoms with Crippen LogP contribution < -0.4 is 4.90 Å². The predicted octanol–water partition coefficient (Wildman–Crippen LogP) is 7.01. The fourth-order valence-electron chi connectivity index (χ4n) is 7.61. The molecular formula is C31H39F2N3O3. The molecule has 0 unspecified atom stereocenters. The number of benzene rings is 1. The van der Waals surface area contributed by atoms with Crippen molar-refractivity contribution < 1.29 is 22.9 Å². The molecule has 0 radical (unpaired) electrons. The lowest BCUT2D eigenvalue weighted by Crippen LogP contribution is -2.71. The predicted molar refractivity (Wildman–Crippen MR) is 143 cm³/mol. The van der Waals surface area contributed by atoms with Gasteiger partial charge in [0.05, 0.1) is 11.0 Å². The number of fused-ring (bicyclic) bond motifs is 3. The highest BCUT2D eigenvalue weighted by atomic mass is 19.1. The van der Waals surface area contributed by atoms with Gasteiger partial charge in [-0.15, -0.1) is 0 Å². The molecule has 0 saturated heterocycles. The number of carbonyl (C=O) groups excluding carboxylic acids is 2. The van der Waals surface area contributed by atoms with Gasteiger partial charge in [0.2, 0.25) is 11.8 Å². The minimum absolute atomic E-state index is 0.0292. The fraction of sp³-hybridized carbons (Fsp3) is 0.677. The van der Waals surface area contributed by atoms with E-state index in [0.717, 1.165) is 50.2 Å². The van der Waals surface area contributed by atoms with Gasteiger partial charge in [-0.2, -0.15) is 4.98 Å². The van der Waals surface area contributed by atoms with E-state index in [9.17, 15) is 18.4 Å². The Balaban J connectivity index is 1.27. The highest BCUT2D eigenvalue weighted by molar-refractivity contribution is 6.02. The first kappa shape index (κ1) is 26.6. The van der Waals surface area contributed by atoms with Crippen LogP contribution in [-0.4, -0.2) is 34.0 Å². The van der Waals surface area contributed by atoms with Crippen molar-refractivity contribution in [1.29, 1.82) is 0 Å². The second kappa shape index (κ2) is 8.68. The molecule has 210 valence electrons. The monoisotopic (exact) mass is 539 g/mol. The number of halogens is 2. The molecule has 39 heavy (non-hydrogen) atoms. The maximum Gasteiger partial charge on any atom is 0.233 e. The summed E-state index contributed by atoms with van der Waals surface area (Å²) >= 11 is 0. The highest BCUT2D eigenvalue weighted by Crippen LogP contribution is 2.70. The van der Waals surface area contributed by atoms with Crippen LogP contribution in [0.15, 0.2) is 22.7 Å². The van der Waals surface area contributed by atoms with Crippen LogP contribution in [0, 0.1) is 16.6 Å². The topological polar surface area (TPSA) is 76.3 Å². The second-order valence-corrected chi connectivity index (χ2v) is 14.1. The van der Waals surface area contributed by atoms with E-state index in [1.54, 1.807) is 17.0 Å². The number of hydrogen-bond donors (Lipinski definition) is 0. The molecule has 6 fully saturated rings. The zero-order valence-electron chi connectivity index (χ0n) is 23.5. The van der Waals surface area contributed by atoms with Crippen molar-refractivity contribution in [1.82, 2.24) is 10.1 Å². The molecule has 6 aliphatic rings. The molecule has 6 saturated carbocycles. The van der Waals surface area contributed by atoms with Gasteiger partial charge in [-0.05, 0) is 87.8 Å². The van der Waals surface area contributed by atoms with Crippen molar-refractivity contribution in [3.05, 3.63) is 41.3 Å². The summed E-state index contributed by atoms with van der Waals surface area (Å²) in [5, 5.41) is 4.27. The van der Waals surface area contributed by atoms with Crippen LogP contribution in [0.25, 0.3) is 0 Å². The van der Waals surface area contributed by atoms with Gasteiger partial charge in [-0.1, -0.05) is 32.9 Å². The first-order valence-corrected chi connectivity index (χ1v) is 14.5. The number of carbonyl (C=O) groups is 2. The second-order valence-electron chi connectivity index (χ2n) is 14.1. The molecule has 8 heteroatoms. The SMILES string of the molecule is CCCC(=O)c1cc(N(CC23CCC(c4nc(C(C)(C)C)no4)(CC2)CC3)C(=O)C23CC(F)(C2)C3)ccc1F. The summed E-state index contributed by atoms with van der Waals surface area (Å²) in [6, 6.07) is 4.44. The Hall–Kier alpha value is -2.64. The summed E-state index contributed by atoms with van der Waals surface area (Å²) in [5.74, 6) is 0.551. The average molecular weight is 540 g/mol. The molecule has 1 aromatic carbocycles. The van der Waals surface area contributed by atoms with E-state index in [4.69, 9.17) is 9.51 Å². The Kier molecular flexibility index (Phi) is 5.91. The number of ketones is 1. The Labute approximate surface area is 228 Å². The number of anilines is 1. The Bertz CT molecular complexity index is 1280. The lowest BCUT2D eigenvalue weighted by molar-refractivity contribution is -0.211. The van der Waals surface area contributed by atoms with Crippen molar-refractivity contribution in [3.8, 4) is 0 Å². The molecule has 0 N–H and O–H groups in total. The van der Waals surface area contributed by atoms with Gasteiger partial charge < -0.3 is 9.42 Å². The van der Waals surface area contributed by atoms with E-state index >= 15 is 0 Å². The van der Waals surface area contributed by atoms with Crippen LogP contribution in [0.5, 0.6) is 0 Å². The maximum absolute atomic E-state index is 14.7. The fourth-order valence-corrected chi connectivity index (χ4v) is 7.61. The molecule has 1 aromatic heterocycles. The minimum atomic E-state index is -1.20. The third-order valence-corrected chi connectivity index (χ3v) is 10.1. The van der Waals surface area contributed by atoms with Crippen LogP contribution in [-0.2, 0) is 15.6 Å². The first-order chi connectivity index (χ1) is 18.3. The largest absolute Gasteiger partial charge is 0.339 e. The van der Waals surface area contributed by atoms with E-state index in [1.807, 2.05) is 6.92 Å². The van der Waals surface area contributed by atoms with Crippen LogP contribution in [0.2, 0.25) is 0 Å². The van der Waals surface area contributed by atoms with Crippen molar-refractivity contribution in [2.45, 2.75) is 115 Å². The number of rotatable bonds is 8. The standard InChI is InChI=1S/C31H39F2N3O3/c1-5-6-23(37)21-15-20(7-8-22(21)32)36(26(38)30-16-31(33,17-30)18-30)19-28-9-12-29(13-10-28,14-11-28)25-34-24(35-39-25)27(2,3)4/h7-8,15H,5-6,9-14,16-19H2,1-4H3. The average Bonchev–Trinajstić information content (AvgIpc) is 3.38. The number of hydrogen-bond acceptors (Lipinski definition) is 5. The number of Topliss-reactive ketones (excluding diaryl/α,β-unsaturated/α-hetero) is 1. The lowest BCUT2D eigenvalue weighted by atomic mass is 9.41. The molecule has 6 aliphatic carbocycles. The van der Waals surface area contributed by atoms with E-state index in [-0.39, 0.29) is 59.2 Å². The van der Waals surface area contributed by atoms with Crippen LogP contribution in [0.1, 0.15) is 120 Å². The molecule has 2 aromatic rings. The molecule has 0 atom stereocenters. The molecule has 0 spiro atoms. The molecule has 8 rings (SSSR count). The number of amides is 1. The minimum Gasteiger partial charge on any atom is -0.339 e. The van der Waals surface area contributed by atoms with Gasteiger partial charge in [0.1, 0.15) is 11.5 Å². The van der Waals surface area contributed by atoms with Crippen molar-refractivity contribution >= 4 is 17.4 Å². The molecule has 1 amide bonds. The molecular weight excluding hydrogens is 500 g/mol. The summed E-state index contributed by atoms with van der Waals surface area (Å²) in [4.78, 5) is 33.2. The third-order valence-electron chi connectivity index (χ3n) is 10.1. The van der Waals surface area contributed by atoms with Crippen molar-refractivity contribution in [2.24, 2.45) is 10.8 Å². The summed E-state index contributed by atoms with van der Waals surface area (Å²) < 4.78 is 34.9. The maximum atomic E-state index is 14.7. The zero-order valence-corrected chi connectivity index (χ0v) is 23.5. The Morgan fingerprint density at radius 2 is 1.69 bits per heavy atom. The molecule has 4 bridgehead atoms. The Morgan fingerprint density at radius 1 is 1.05 bits per heavy atom. The smallest absolute Gasteiger partial charge is 0.233 e. The van der Waals surface area contributed by atoms with Crippen LogP contribution in [0.4, 0.5) is 14.5 Å². The van der Waals surface area contributed by atoms with Crippen LogP contribution in [0.3, 0.4) is 0 Å². The summed E-state index contributed by atoms with van der Waals surface area (Å²) in [7, 11) is 0. The summed E-state index contributed by atoms with van der Waals surface area (Å²) in [6.07, 6.45) is 7.11. The van der Waals surface area contributed by atoms with Gasteiger partial charge in [0.25, 0.3) is 0 Å². The zero-order chi connectivity index (χ0) is 27.8. The normalized spacial score (nSPS) is 32.9. The third kappa shape index (κ3) is 4.24. The Morgan fingerprint density at radius 3 is 2.23 bits per heavy atom. The van der Waals surface area contributed by atoms with E-state index in [0.29, 0.717) is 18.7 Å². The van der Waals surface area contributed by atoms with Gasteiger partial charge >= 0.3 is 0 Å². The van der Waals surface area contributed by atoms with E-state index in [2.05, 4.69) is 25.9 Å². The van der Waals surface area contributed by atoms with Gasteiger partial charge in [-0.3, -0.25) is 9.59 Å². The van der Waals surface area contributed by atoms with Gasteiger partial charge in [-0.25, -0.2) is 8.78 Å². The van der Waals surface area contributed by atoms with Crippen LogP contribution >= 0.6 is 0 Å². The summed E-state index contributed by atoms with van der Waals surface area (Å²) in [6.45, 7) is 8.60. The lowest BCUT2D eigenvalue weighted by Gasteiger charge is -2.65. The molecule has 0 aliphatic heterocycles.